The van der Waals surface area contributed by atoms with E-state index in [9.17, 15) is 29.1 Å². The Morgan fingerprint density at radius 3 is 2.61 bits per heavy atom. The third-order valence-electron chi connectivity index (χ3n) is 4.11. The second-order valence-corrected chi connectivity index (χ2v) is 7.09. The zero-order valence-electron chi connectivity index (χ0n) is 19.5. The number of rotatable bonds is 8. The molecule has 18 heteroatoms. The van der Waals surface area contributed by atoms with Gasteiger partial charge in [0.25, 0.3) is 11.8 Å². The molecular weight excluding hydrogens is 488 g/mol. The molecule has 2 saturated heterocycles. The summed E-state index contributed by atoms with van der Waals surface area (Å²) in [4.78, 5) is 72.6. The smallest absolute Gasteiger partial charge is 1.00 e. The van der Waals surface area contributed by atoms with Crippen LogP contribution in [0.2, 0.25) is 0 Å². The first kappa shape index (κ1) is 29.2. The Morgan fingerprint density at radius 2 is 2.09 bits per heavy atom. The van der Waals surface area contributed by atoms with E-state index in [1.165, 1.54) is 5.38 Å². The monoisotopic (exact) mass is 505 g/mol. The van der Waals surface area contributed by atoms with Gasteiger partial charge in [0.15, 0.2) is 10.8 Å². The molecule has 2 amide bonds. The molecule has 15 nitrogen and oxygen atoms in total. The van der Waals surface area contributed by atoms with Crippen LogP contribution in [0.15, 0.2) is 10.5 Å². The van der Waals surface area contributed by atoms with E-state index in [2.05, 4.69) is 20.3 Å². The van der Waals surface area contributed by atoms with Crippen LogP contribution in [0.3, 0.4) is 0 Å². The van der Waals surface area contributed by atoms with E-state index in [-0.39, 0.29) is 85.6 Å². The Morgan fingerprint density at radius 1 is 1.39 bits per heavy atom. The second kappa shape index (κ2) is 12.1. The fraction of sp³-hybridized carbons (Fsp3) is 0.400. The number of aromatic nitrogens is 1. The number of carbonyl (C=O) groups is 5. The third kappa shape index (κ3) is 6.42. The van der Waals surface area contributed by atoms with Gasteiger partial charge < -0.3 is 33.7 Å². The van der Waals surface area contributed by atoms with Gasteiger partial charge in [-0.1, -0.05) is 5.16 Å². The van der Waals surface area contributed by atoms with Gasteiger partial charge in [0.1, 0.15) is 18.3 Å². The molecular formula is C15H17N5Na2O10S. The molecule has 1 unspecified atom stereocenters. The number of nitrogens with two attached hydrogens (primary N) is 1. The standard InChI is InChI=1S/C15H15N5O10S.2Na.2H/c16-14-18-7(5-31-14)10(19-28-4-8(21)22)11(24)17-6-3-29-20(12(6)25)15(13(26)27)2-1-9(23)30-15;;;;/h5-6H,1-4H2,(H2,16,18)(H,17,24)(H,21,22)(H,26,27);;;;/q;2*+1;2*-1/t6-,15?;;;;/m0..../s1. The van der Waals surface area contributed by atoms with Crippen LogP contribution in [0.1, 0.15) is 21.4 Å². The topological polar surface area (TPSA) is 220 Å². The fourth-order valence-corrected chi connectivity index (χ4v) is 3.28. The summed E-state index contributed by atoms with van der Waals surface area (Å²) >= 11 is 0.974. The van der Waals surface area contributed by atoms with Crippen molar-refractivity contribution in [2.75, 3.05) is 18.9 Å². The first-order chi connectivity index (χ1) is 14.6. The number of oxime groups is 1. The molecule has 2 fully saturated rings. The molecule has 5 N–H and O–H groups in total. The van der Waals surface area contributed by atoms with Crippen molar-refractivity contribution < 1.29 is 111 Å². The van der Waals surface area contributed by atoms with Gasteiger partial charge in [-0.05, 0) is 0 Å². The van der Waals surface area contributed by atoms with Crippen molar-refractivity contribution >= 4 is 51.9 Å². The van der Waals surface area contributed by atoms with Gasteiger partial charge in [0.2, 0.25) is 6.61 Å². The number of hydrogen-bond donors (Lipinski definition) is 4. The van der Waals surface area contributed by atoms with Crippen molar-refractivity contribution in [1.29, 1.82) is 0 Å². The number of hydrogen-bond acceptors (Lipinski definition) is 12. The predicted octanol–water partition coefficient (Wildman–Crippen LogP) is -7.86. The van der Waals surface area contributed by atoms with Crippen LogP contribution in [0.5, 0.6) is 0 Å². The SMILES string of the molecule is Nc1nc(C(=NOCC(=O)O)C(=O)N[C@H]2CON(C3(C(=O)O)CCC(=O)O3)C2=O)cs1.[H-].[H-].[Na+].[Na+]. The van der Waals surface area contributed by atoms with Crippen molar-refractivity contribution in [3.05, 3.63) is 11.1 Å². The molecule has 1 aromatic rings. The van der Waals surface area contributed by atoms with Crippen molar-refractivity contribution in [2.24, 2.45) is 5.16 Å². The minimum Gasteiger partial charge on any atom is -1.00 e. The Hall–Kier alpha value is -1.79. The van der Waals surface area contributed by atoms with Gasteiger partial charge in [0, 0.05) is 11.8 Å². The number of thiazole rings is 1. The van der Waals surface area contributed by atoms with E-state index < -0.39 is 60.4 Å². The number of nitrogen functional groups attached to an aromatic ring is 1. The molecule has 3 rings (SSSR count). The Labute approximate surface area is 236 Å². The van der Waals surface area contributed by atoms with Gasteiger partial charge >= 0.3 is 82.7 Å². The van der Waals surface area contributed by atoms with Gasteiger partial charge in [-0.2, -0.15) is 5.06 Å². The van der Waals surface area contributed by atoms with Gasteiger partial charge in [-0.15, -0.1) is 11.3 Å². The van der Waals surface area contributed by atoms with Crippen LogP contribution in [-0.4, -0.2) is 80.7 Å². The Balaban J connectivity index is 0. The zero-order valence-corrected chi connectivity index (χ0v) is 22.3. The number of carbonyl (C=O) groups excluding carboxylic acids is 3. The molecule has 2 atom stereocenters. The number of ether oxygens (including phenoxy) is 1. The normalized spacial score (nSPS) is 22.1. The minimum absolute atomic E-state index is 0. The molecule has 2 aliphatic heterocycles. The van der Waals surface area contributed by atoms with Gasteiger partial charge in [-0.3, -0.25) is 19.2 Å². The van der Waals surface area contributed by atoms with Crippen LogP contribution in [0.4, 0.5) is 5.13 Å². The van der Waals surface area contributed by atoms with E-state index in [0.29, 0.717) is 5.06 Å². The maximum Gasteiger partial charge on any atom is 1.00 e. The molecule has 170 valence electrons. The summed E-state index contributed by atoms with van der Waals surface area (Å²) in [6.45, 7) is -1.30. The van der Waals surface area contributed by atoms with E-state index in [1.54, 1.807) is 0 Å². The quantitative estimate of drug-likeness (QED) is 0.112. The number of carboxylic acid groups (broad SMARTS) is 2. The maximum absolute atomic E-state index is 12.7. The molecule has 0 aromatic carbocycles. The largest absolute Gasteiger partial charge is 1.00 e. The van der Waals surface area contributed by atoms with E-state index in [4.69, 9.17) is 20.4 Å². The second-order valence-electron chi connectivity index (χ2n) is 6.20. The number of cyclic esters (lactones) is 1. The van der Waals surface area contributed by atoms with Crippen molar-refractivity contribution in [1.82, 2.24) is 15.4 Å². The summed E-state index contributed by atoms with van der Waals surface area (Å²) < 4.78 is 4.82. The van der Waals surface area contributed by atoms with Crippen LogP contribution in [-0.2, 0) is 38.4 Å². The number of esters is 1. The summed E-state index contributed by atoms with van der Waals surface area (Å²) in [6, 6.07) is -1.36. The number of anilines is 1. The van der Waals surface area contributed by atoms with Crippen LogP contribution in [0, 0.1) is 0 Å². The zero-order chi connectivity index (χ0) is 22.8. The minimum atomic E-state index is -2.33. The van der Waals surface area contributed by atoms with Gasteiger partial charge in [0.05, 0.1) is 6.42 Å². The molecule has 0 aliphatic carbocycles. The molecule has 2 aliphatic rings. The first-order valence-corrected chi connectivity index (χ1v) is 9.38. The summed E-state index contributed by atoms with van der Waals surface area (Å²) in [5.74, 6) is -5.75. The molecule has 1 aromatic heterocycles. The van der Waals surface area contributed by atoms with Crippen LogP contribution < -0.4 is 70.2 Å². The van der Waals surface area contributed by atoms with Gasteiger partial charge in [-0.25, -0.2) is 14.6 Å². The average Bonchev–Trinajstić information content (AvgIpc) is 3.39. The number of nitrogens with one attached hydrogen (secondary N) is 1. The number of aliphatic carboxylic acids is 2. The number of carboxylic acids is 2. The van der Waals surface area contributed by atoms with Crippen molar-refractivity contribution in [3.8, 4) is 0 Å². The van der Waals surface area contributed by atoms with Crippen LogP contribution in [0.25, 0.3) is 0 Å². The molecule has 0 bridgehead atoms. The average molecular weight is 505 g/mol. The van der Waals surface area contributed by atoms with Crippen molar-refractivity contribution in [3.63, 3.8) is 0 Å². The fourth-order valence-electron chi connectivity index (χ4n) is 2.73. The van der Waals surface area contributed by atoms with Crippen LogP contribution >= 0.6 is 11.3 Å². The van der Waals surface area contributed by atoms with Crippen molar-refractivity contribution in [2.45, 2.75) is 24.6 Å². The summed E-state index contributed by atoms with van der Waals surface area (Å²) in [5, 5.41) is 25.7. The predicted molar refractivity (Wildman–Crippen MR) is 99.3 cm³/mol. The third-order valence-corrected chi connectivity index (χ3v) is 4.78. The number of nitrogens with zero attached hydrogens (tertiary/aromatic N) is 3. The van der Waals surface area contributed by atoms with E-state index in [0.717, 1.165) is 11.3 Å². The summed E-state index contributed by atoms with van der Waals surface area (Å²) in [5.41, 5.74) is 2.68. The van der Waals surface area contributed by atoms with E-state index >= 15 is 0 Å². The number of amides is 2. The summed E-state index contributed by atoms with van der Waals surface area (Å²) in [6.07, 6.45) is -0.569. The number of hydroxylamine groups is 2. The maximum atomic E-state index is 12.7. The molecule has 3 heterocycles. The Kier molecular flexibility index (Phi) is 10.7. The molecule has 33 heavy (non-hydrogen) atoms. The Bertz CT molecular complexity index is 999. The summed E-state index contributed by atoms with van der Waals surface area (Å²) in [7, 11) is 0. The molecule has 0 saturated carbocycles. The molecule has 0 spiro atoms. The van der Waals surface area contributed by atoms with E-state index in [1.807, 2.05) is 0 Å². The first-order valence-electron chi connectivity index (χ1n) is 8.50. The molecule has 0 radical (unpaired) electrons.